The molecular formula is C20H23F3N6O2. The number of aliphatic imine (C=N–C) groups is 1. The Balaban J connectivity index is 1.38. The molecule has 0 saturated heterocycles. The van der Waals surface area contributed by atoms with Gasteiger partial charge in [-0.15, -0.1) is 0 Å². The molecule has 0 aliphatic rings. The molecule has 0 aliphatic heterocycles. The number of nitrogens with zero attached hydrogens (tertiary/aromatic N) is 3. The summed E-state index contributed by atoms with van der Waals surface area (Å²) < 4.78 is 46.3. The van der Waals surface area contributed by atoms with Gasteiger partial charge < -0.3 is 19.8 Å². The van der Waals surface area contributed by atoms with Gasteiger partial charge in [-0.25, -0.2) is 4.98 Å². The maximum Gasteiger partial charge on any atom is 0.411 e. The van der Waals surface area contributed by atoms with Gasteiger partial charge in [0.05, 0.1) is 12.9 Å². The minimum atomic E-state index is -4.32. The summed E-state index contributed by atoms with van der Waals surface area (Å²) in [6.45, 7) is -0.244. The number of H-pyrrole nitrogens is 1. The molecule has 1 aromatic carbocycles. The second-order valence-electron chi connectivity index (χ2n) is 6.61. The summed E-state index contributed by atoms with van der Waals surface area (Å²) in [5.74, 6) is 2.45. The average Bonchev–Trinajstić information content (AvgIpc) is 3.42. The number of aromatic amines is 1. The van der Waals surface area contributed by atoms with Crippen LogP contribution in [0.25, 0.3) is 11.6 Å². The van der Waals surface area contributed by atoms with Gasteiger partial charge in [0.2, 0.25) is 5.82 Å². The Kier molecular flexibility index (Phi) is 7.65. The van der Waals surface area contributed by atoms with Gasteiger partial charge in [-0.1, -0.05) is 24.3 Å². The van der Waals surface area contributed by atoms with E-state index in [0.29, 0.717) is 42.6 Å². The molecule has 3 aromatic rings. The number of rotatable bonds is 9. The monoisotopic (exact) mass is 436 g/mol. The predicted molar refractivity (Wildman–Crippen MR) is 108 cm³/mol. The predicted octanol–water partition coefficient (Wildman–Crippen LogP) is 3.05. The van der Waals surface area contributed by atoms with Crippen LogP contribution in [-0.2, 0) is 24.3 Å². The average molecular weight is 436 g/mol. The van der Waals surface area contributed by atoms with Crippen molar-refractivity contribution in [1.82, 2.24) is 25.8 Å². The van der Waals surface area contributed by atoms with Gasteiger partial charge in [0.25, 0.3) is 0 Å². The number of benzene rings is 1. The Morgan fingerprint density at radius 3 is 2.61 bits per heavy atom. The van der Waals surface area contributed by atoms with Crippen molar-refractivity contribution in [2.24, 2.45) is 4.99 Å². The van der Waals surface area contributed by atoms with Gasteiger partial charge >= 0.3 is 6.18 Å². The molecule has 0 bridgehead atoms. The van der Waals surface area contributed by atoms with Crippen LogP contribution in [0, 0.1) is 0 Å². The summed E-state index contributed by atoms with van der Waals surface area (Å²) in [4.78, 5) is 8.55. The molecule has 0 fully saturated rings. The minimum Gasteiger partial charge on any atom is -0.461 e. The lowest BCUT2D eigenvalue weighted by molar-refractivity contribution is -0.176. The molecule has 0 atom stereocenters. The number of hydrogen-bond acceptors (Lipinski definition) is 5. The van der Waals surface area contributed by atoms with Crippen LogP contribution in [0.4, 0.5) is 13.2 Å². The topological polar surface area (TPSA) is 100 Å². The van der Waals surface area contributed by atoms with E-state index in [1.54, 1.807) is 37.6 Å². The lowest BCUT2D eigenvalue weighted by Crippen LogP contribution is -2.37. The van der Waals surface area contributed by atoms with Crippen LogP contribution in [-0.4, -0.2) is 47.5 Å². The third-order valence-electron chi connectivity index (χ3n) is 4.17. The smallest absolute Gasteiger partial charge is 0.411 e. The minimum absolute atomic E-state index is 0.0836. The summed E-state index contributed by atoms with van der Waals surface area (Å²) in [6.07, 6.45) is -2.14. The van der Waals surface area contributed by atoms with E-state index in [4.69, 9.17) is 4.42 Å². The van der Waals surface area contributed by atoms with Crippen LogP contribution in [0.1, 0.15) is 17.0 Å². The Hall–Kier alpha value is -3.34. The van der Waals surface area contributed by atoms with E-state index in [2.05, 4.69) is 35.5 Å². The fraction of sp³-hybridized carbons (Fsp3) is 0.350. The molecule has 11 heteroatoms. The Bertz CT molecular complexity index is 952. The molecule has 2 aromatic heterocycles. The summed E-state index contributed by atoms with van der Waals surface area (Å²) >= 11 is 0. The number of alkyl halides is 3. The van der Waals surface area contributed by atoms with E-state index >= 15 is 0 Å². The van der Waals surface area contributed by atoms with Crippen LogP contribution < -0.4 is 10.6 Å². The molecule has 3 rings (SSSR count). The second kappa shape index (κ2) is 10.6. The van der Waals surface area contributed by atoms with E-state index < -0.39 is 12.8 Å². The molecule has 0 spiro atoms. The lowest BCUT2D eigenvalue weighted by Gasteiger charge is -2.12. The highest BCUT2D eigenvalue weighted by Gasteiger charge is 2.27. The van der Waals surface area contributed by atoms with Gasteiger partial charge in [-0.2, -0.15) is 18.3 Å². The van der Waals surface area contributed by atoms with Crippen LogP contribution in [0.2, 0.25) is 0 Å². The highest BCUT2D eigenvalue weighted by atomic mass is 19.4. The number of nitrogens with one attached hydrogen (secondary N) is 3. The number of guanidine groups is 1. The van der Waals surface area contributed by atoms with Gasteiger partial charge in [0.1, 0.15) is 12.4 Å². The van der Waals surface area contributed by atoms with Crippen molar-refractivity contribution >= 4 is 5.96 Å². The fourth-order valence-corrected chi connectivity index (χ4v) is 2.67. The SMILES string of the molecule is CN=C(NCCc1nc(-c2ccco2)n[nH]1)NCc1ccc(COCC(F)(F)F)cc1. The highest BCUT2D eigenvalue weighted by molar-refractivity contribution is 5.79. The van der Waals surface area contributed by atoms with Crippen molar-refractivity contribution < 1.29 is 22.3 Å². The summed E-state index contributed by atoms with van der Waals surface area (Å²) in [7, 11) is 1.67. The lowest BCUT2D eigenvalue weighted by atomic mass is 10.1. The third kappa shape index (κ3) is 7.45. The highest BCUT2D eigenvalue weighted by Crippen LogP contribution is 2.16. The molecule has 0 radical (unpaired) electrons. The summed E-state index contributed by atoms with van der Waals surface area (Å²) in [5.41, 5.74) is 1.64. The fourth-order valence-electron chi connectivity index (χ4n) is 2.67. The summed E-state index contributed by atoms with van der Waals surface area (Å²) in [5, 5.41) is 13.4. The molecule has 166 valence electrons. The van der Waals surface area contributed by atoms with Gasteiger partial charge in [-0.3, -0.25) is 10.1 Å². The van der Waals surface area contributed by atoms with Gasteiger partial charge in [-0.05, 0) is 23.3 Å². The van der Waals surface area contributed by atoms with E-state index in [1.165, 1.54) is 0 Å². The van der Waals surface area contributed by atoms with Crippen LogP contribution in [0.3, 0.4) is 0 Å². The molecule has 8 nitrogen and oxygen atoms in total. The normalized spacial score (nSPS) is 12.2. The standard InChI is InChI=1S/C20H23F3N6O2/c1-24-19(25-9-8-17-27-18(29-28-17)16-3-2-10-31-16)26-11-14-4-6-15(7-5-14)12-30-13-20(21,22)23/h2-7,10H,8-9,11-13H2,1H3,(H2,24,25,26)(H,27,28,29). The zero-order valence-electron chi connectivity index (χ0n) is 16.9. The zero-order chi connectivity index (χ0) is 22.1. The Morgan fingerprint density at radius 1 is 1.16 bits per heavy atom. The molecule has 2 heterocycles. The van der Waals surface area contributed by atoms with E-state index in [0.717, 1.165) is 11.4 Å². The first-order valence-electron chi connectivity index (χ1n) is 9.55. The van der Waals surface area contributed by atoms with Crippen LogP contribution in [0.15, 0.2) is 52.1 Å². The third-order valence-corrected chi connectivity index (χ3v) is 4.17. The summed E-state index contributed by atoms with van der Waals surface area (Å²) in [6, 6.07) is 10.7. The molecule has 0 amide bonds. The van der Waals surface area contributed by atoms with Crippen molar-refractivity contribution in [2.75, 3.05) is 20.2 Å². The van der Waals surface area contributed by atoms with E-state index in [9.17, 15) is 13.2 Å². The Labute approximate surface area is 176 Å². The maximum absolute atomic E-state index is 12.1. The first kappa shape index (κ1) is 22.3. The molecule has 31 heavy (non-hydrogen) atoms. The zero-order valence-corrected chi connectivity index (χ0v) is 16.9. The van der Waals surface area contributed by atoms with E-state index in [1.807, 2.05) is 12.1 Å². The first-order valence-corrected chi connectivity index (χ1v) is 9.55. The quantitative estimate of drug-likeness (QED) is 0.352. The van der Waals surface area contributed by atoms with Crippen molar-refractivity contribution in [3.05, 3.63) is 59.6 Å². The van der Waals surface area contributed by atoms with Gasteiger partial charge in [0, 0.05) is 26.6 Å². The number of hydrogen-bond donors (Lipinski definition) is 3. The first-order chi connectivity index (χ1) is 14.9. The molecule has 0 aliphatic carbocycles. The molecule has 0 saturated carbocycles. The van der Waals surface area contributed by atoms with Crippen molar-refractivity contribution in [2.45, 2.75) is 25.7 Å². The molecule has 0 unspecified atom stereocenters. The second-order valence-corrected chi connectivity index (χ2v) is 6.61. The van der Waals surface area contributed by atoms with Gasteiger partial charge in [0.15, 0.2) is 11.7 Å². The van der Waals surface area contributed by atoms with Crippen LogP contribution in [0.5, 0.6) is 0 Å². The number of ether oxygens (including phenoxy) is 1. The van der Waals surface area contributed by atoms with Crippen molar-refractivity contribution in [1.29, 1.82) is 0 Å². The van der Waals surface area contributed by atoms with Crippen molar-refractivity contribution in [3.8, 4) is 11.6 Å². The number of aromatic nitrogens is 3. The van der Waals surface area contributed by atoms with E-state index in [-0.39, 0.29) is 6.61 Å². The molecule has 3 N–H and O–H groups in total. The maximum atomic E-state index is 12.1. The molecular weight excluding hydrogens is 413 g/mol. The Morgan fingerprint density at radius 2 is 1.94 bits per heavy atom. The largest absolute Gasteiger partial charge is 0.461 e. The van der Waals surface area contributed by atoms with Crippen LogP contribution >= 0.6 is 0 Å². The number of furan rings is 1. The number of halogens is 3. The van der Waals surface area contributed by atoms with Crippen molar-refractivity contribution in [3.63, 3.8) is 0 Å².